The Balaban J connectivity index is 1.91. The smallest absolute Gasteiger partial charge is 0.378 e. The molecule has 128 valence electrons. The number of hydrogen-bond donors (Lipinski definition) is 1. The Morgan fingerprint density at radius 3 is 2.38 bits per heavy atom. The third-order valence-corrected chi connectivity index (χ3v) is 4.19. The standard InChI is InChI=1S/C17H17F3N2OS/c1-22(2)14-8-6-13(7-9-14)21-16(23)11-24-15-5-3-4-12(10-15)17(18,19)20/h3-10H,11H2,1-2H3,(H,21,23). The summed E-state index contributed by atoms with van der Waals surface area (Å²) < 4.78 is 38.0. The van der Waals surface area contributed by atoms with Crippen molar-refractivity contribution >= 4 is 29.0 Å². The molecular weight excluding hydrogens is 337 g/mol. The minimum Gasteiger partial charge on any atom is -0.378 e. The molecule has 0 heterocycles. The van der Waals surface area contributed by atoms with Gasteiger partial charge in [-0.2, -0.15) is 13.2 Å². The highest BCUT2D eigenvalue weighted by molar-refractivity contribution is 8.00. The third kappa shape index (κ3) is 5.19. The van der Waals surface area contributed by atoms with Gasteiger partial charge in [0, 0.05) is 30.4 Å². The van der Waals surface area contributed by atoms with Crippen molar-refractivity contribution in [2.24, 2.45) is 0 Å². The van der Waals surface area contributed by atoms with Gasteiger partial charge in [0.1, 0.15) is 0 Å². The molecule has 24 heavy (non-hydrogen) atoms. The number of rotatable bonds is 5. The Labute approximate surface area is 142 Å². The predicted octanol–water partition coefficient (Wildman–Crippen LogP) is 4.50. The number of thioether (sulfide) groups is 1. The summed E-state index contributed by atoms with van der Waals surface area (Å²) in [5.41, 5.74) is 0.939. The van der Waals surface area contributed by atoms with Crippen LogP contribution in [0, 0.1) is 0 Å². The average molecular weight is 354 g/mol. The van der Waals surface area contributed by atoms with E-state index in [1.807, 2.05) is 31.1 Å². The Bertz CT molecular complexity index is 700. The minimum absolute atomic E-state index is 0.0384. The van der Waals surface area contributed by atoms with Gasteiger partial charge in [0.15, 0.2) is 0 Å². The first kappa shape index (κ1) is 18.2. The van der Waals surface area contributed by atoms with Crippen LogP contribution in [0.15, 0.2) is 53.4 Å². The largest absolute Gasteiger partial charge is 0.416 e. The van der Waals surface area contributed by atoms with Crippen LogP contribution in [-0.2, 0) is 11.0 Å². The predicted molar refractivity (Wildman–Crippen MR) is 91.6 cm³/mol. The summed E-state index contributed by atoms with van der Waals surface area (Å²) in [4.78, 5) is 14.3. The van der Waals surface area contributed by atoms with Crippen molar-refractivity contribution in [1.29, 1.82) is 0 Å². The van der Waals surface area contributed by atoms with Gasteiger partial charge in [0.25, 0.3) is 0 Å². The number of alkyl halides is 3. The lowest BCUT2D eigenvalue weighted by Crippen LogP contribution is -2.14. The second-order valence-electron chi connectivity index (χ2n) is 5.30. The molecule has 0 atom stereocenters. The first-order valence-electron chi connectivity index (χ1n) is 7.13. The minimum atomic E-state index is -4.38. The highest BCUT2D eigenvalue weighted by atomic mass is 32.2. The van der Waals surface area contributed by atoms with Crippen LogP contribution in [0.3, 0.4) is 0 Å². The van der Waals surface area contributed by atoms with E-state index in [2.05, 4.69) is 5.32 Å². The number of nitrogens with one attached hydrogen (secondary N) is 1. The zero-order chi connectivity index (χ0) is 17.7. The van der Waals surface area contributed by atoms with Gasteiger partial charge in [0.05, 0.1) is 11.3 Å². The first-order valence-corrected chi connectivity index (χ1v) is 8.11. The van der Waals surface area contributed by atoms with Gasteiger partial charge in [-0.25, -0.2) is 0 Å². The molecule has 0 aliphatic carbocycles. The molecule has 2 aromatic carbocycles. The fourth-order valence-electron chi connectivity index (χ4n) is 1.95. The lowest BCUT2D eigenvalue weighted by molar-refractivity contribution is -0.137. The van der Waals surface area contributed by atoms with Crippen LogP contribution in [0.2, 0.25) is 0 Å². The first-order chi connectivity index (χ1) is 11.3. The molecule has 3 nitrogen and oxygen atoms in total. The van der Waals surface area contributed by atoms with Crippen molar-refractivity contribution in [2.45, 2.75) is 11.1 Å². The summed E-state index contributed by atoms with van der Waals surface area (Å²) in [6.07, 6.45) is -4.38. The van der Waals surface area contributed by atoms with Crippen LogP contribution < -0.4 is 10.2 Å². The average Bonchev–Trinajstić information content (AvgIpc) is 2.53. The molecule has 0 aliphatic heterocycles. The number of benzene rings is 2. The summed E-state index contributed by atoms with van der Waals surface area (Å²) in [6.45, 7) is 0. The van der Waals surface area contributed by atoms with Gasteiger partial charge in [-0.3, -0.25) is 4.79 Å². The molecule has 1 amide bonds. The van der Waals surface area contributed by atoms with E-state index in [0.29, 0.717) is 10.6 Å². The maximum atomic E-state index is 12.7. The molecule has 0 aromatic heterocycles. The van der Waals surface area contributed by atoms with Crippen molar-refractivity contribution in [1.82, 2.24) is 0 Å². The van der Waals surface area contributed by atoms with Gasteiger partial charge >= 0.3 is 6.18 Å². The number of carbonyl (C=O) groups is 1. The number of amides is 1. The Kier molecular flexibility index (Phi) is 5.77. The monoisotopic (exact) mass is 354 g/mol. The van der Waals surface area contributed by atoms with Crippen LogP contribution in [0.25, 0.3) is 0 Å². The molecule has 0 radical (unpaired) electrons. The molecule has 0 aliphatic rings. The second kappa shape index (κ2) is 7.61. The summed E-state index contributed by atoms with van der Waals surface area (Å²) in [7, 11) is 3.83. The molecule has 0 saturated carbocycles. The van der Waals surface area contributed by atoms with Crippen LogP contribution in [0.4, 0.5) is 24.5 Å². The Morgan fingerprint density at radius 2 is 1.79 bits per heavy atom. The normalized spacial score (nSPS) is 11.2. The third-order valence-electron chi connectivity index (χ3n) is 3.20. The number of hydrogen-bond acceptors (Lipinski definition) is 3. The van der Waals surface area contributed by atoms with E-state index in [0.717, 1.165) is 29.6 Å². The topological polar surface area (TPSA) is 32.3 Å². The van der Waals surface area contributed by atoms with Crippen molar-refractivity contribution in [3.8, 4) is 0 Å². The van der Waals surface area contributed by atoms with Crippen molar-refractivity contribution in [2.75, 3.05) is 30.1 Å². The van der Waals surface area contributed by atoms with Gasteiger partial charge < -0.3 is 10.2 Å². The van der Waals surface area contributed by atoms with Crippen LogP contribution in [-0.4, -0.2) is 25.8 Å². The van der Waals surface area contributed by atoms with Crippen LogP contribution >= 0.6 is 11.8 Å². The molecule has 7 heteroatoms. The lowest BCUT2D eigenvalue weighted by atomic mass is 10.2. The number of anilines is 2. The number of halogens is 3. The van der Waals surface area contributed by atoms with Crippen molar-refractivity contribution < 1.29 is 18.0 Å². The van der Waals surface area contributed by atoms with Crippen LogP contribution in [0.1, 0.15) is 5.56 Å². The molecule has 0 unspecified atom stereocenters. The second-order valence-corrected chi connectivity index (χ2v) is 6.35. The SMILES string of the molecule is CN(C)c1ccc(NC(=O)CSc2cccc(C(F)(F)F)c2)cc1. The Hall–Kier alpha value is -2.15. The van der Waals surface area contributed by atoms with E-state index < -0.39 is 11.7 Å². The molecule has 1 N–H and O–H groups in total. The molecule has 2 aromatic rings. The van der Waals surface area contributed by atoms with E-state index in [-0.39, 0.29) is 11.7 Å². The summed E-state index contributed by atoms with van der Waals surface area (Å²) in [5.74, 6) is -0.230. The summed E-state index contributed by atoms with van der Waals surface area (Å²) >= 11 is 1.07. The van der Waals surface area contributed by atoms with Crippen molar-refractivity contribution in [3.63, 3.8) is 0 Å². The molecular formula is C17H17F3N2OS. The van der Waals surface area contributed by atoms with E-state index in [9.17, 15) is 18.0 Å². The maximum absolute atomic E-state index is 12.7. The number of nitrogens with zero attached hydrogens (tertiary/aromatic N) is 1. The van der Waals surface area contributed by atoms with Gasteiger partial charge in [-0.1, -0.05) is 6.07 Å². The Morgan fingerprint density at radius 1 is 1.12 bits per heavy atom. The zero-order valence-electron chi connectivity index (χ0n) is 13.2. The van der Waals surface area contributed by atoms with Crippen molar-refractivity contribution in [3.05, 3.63) is 54.1 Å². The molecule has 0 saturated heterocycles. The van der Waals surface area contributed by atoms with E-state index in [1.54, 1.807) is 18.2 Å². The van der Waals surface area contributed by atoms with E-state index in [4.69, 9.17) is 0 Å². The highest BCUT2D eigenvalue weighted by Crippen LogP contribution is 2.31. The molecule has 0 spiro atoms. The summed E-state index contributed by atoms with van der Waals surface area (Å²) in [6, 6.07) is 12.2. The van der Waals surface area contributed by atoms with E-state index >= 15 is 0 Å². The summed E-state index contributed by atoms with van der Waals surface area (Å²) in [5, 5.41) is 2.72. The number of carbonyl (C=O) groups excluding carboxylic acids is 1. The van der Waals surface area contributed by atoms with Crippen LogP contribution in [0.5, 0.6) is 0 Å². The zero-order valence-corrected chi connectivity index (χ0v) is 14.0. The van der Waals surface area contributed by atoms with Gasteiger partial charge in [-0.05, 0) is 42.5 Å². The lowest BCUT2D eigenvalue weighted by Gasteiger charge is -2.13. The molecule has 0 bridgehead atoms. The maximum Gasteiger partial charge on any atom is 0.416 e. The van der Waals surface area contributed by atoms with Gasteiger partial charge in [0.2, 0.25) is 5.91 Å². The molecule has 0 fully saturated rings. The molecule has 2 rings (SSSR count). The fraction of sp³-hybridized carbons (Fsp3) is 0.235. The van der Waals surface area contributed by atoms with Gasteiger partial charge in [-0.15, -0.1) is 11.8 Å². The highest BCUT2D eigenvalue weighted by Gasteiger charge is 2.30. The fourth-order valence-corrected chi connectivity index (χ4v) is 2.71. The van der Waals surface area contributed by atoms with E-state index in [1.165, 1.54) is 6.07 Å². The quantitative estimate of drug-likeness (QED) is 0.803.